The number of carbonyl (C=O) groups is 1. The Balaban J connectivity index is 5.41. The van der Waals surface area contributed by atoms with Crippen LogP contribution in [0, 0.1) is 0 Å². The summed E-state index contributed by atoms with van der Waals surface area (Å²) in [7, 11) is 0. The fourth-order valence-corrected chi connectivity index (χ4v) is 0.637. The first-order valence-corrected chi connectivity index (χ1v) is 2.99. The lowest BCUT2D eigenvalue weighted by Crippen LogP contribution is -2.48. The molecule has 0 aromatic rings. The van der Waals surface area contributed by atoms with Gasteiger partial charge in [0.15, 0.2) is 5.78 Å². The van der Waals surface area contributed by atoms with Crippen LogP contribution < -0.4 is 5.48 Å². The summed E-state index contributed by atoms with van der Waals surface area (Å²) >= 11 is 0. The van der Waals surface area contributed by atoms with Gasteiger partial charge in [-0.25, -0.2) is 0 Å². The normalized spacial score (nSPS) is 26.5. The molecule has 0 bridgehead atoms. The summed E-state index contributed by atoms with van der Waals surface area (Å²) in [6, 6.07) is 0. The van der Waals surface area contributed by atoms with E-state index in [4.69, 9.17) is 12.1 Å². The van der Waals surface area contributed by atoms with Gasteiger partial charge in [-0.05, 0) is 19.6 Å². The van der Waals surface area contributed by atoms with Crippen molar-refractivity contribution >= 4 is 5.78 Å². The van der Waals surface area contributed by atoms with Gasteiger partial charge in [-0.2, -0.15) is 5.48 Å². The maximum atomic E-state index is 11.6. The molecule has 0 rings (SSSR count). The van der Waals surface area contributed by atoms with E-state index < -0.39 is 24.5 Å². The van der Waals surface area contributed by atoms with Crippen molar-refractivity contribution in [3.05, 3.63) is 0 Å². The molecule has 0 fully saturated rings. The van der Waals surface area contributed by atoms with Crippen LogP contribution in [0.5, 0.6) is 0 Å². The van der Waals surface area contributed by atoms with Gasteiger partial charge in [-0.15, -0.1) is 0 Å². The van der Waals surface area contributed by atoms with Crippen LogP contribution in [-0.4, -0.2) is 16.5 Å². The zero-order chi connectivity index (χ0) is 12.5. The standard InChI is InChI=1S/C7H15NO2/c1-4-7(5-2,8-10)6(3)9/h8,10H,4-5H2,1-3H3/i3D3,4D2. The second-order valence-electron chi connectivity index (χ2n) is 1.95. The Bertz CT molecular complexity index is 241. The van der Waals surface area contributed by atoms with E-state index in [0.29, 0.717) is 0 Å². The van der Waals surface area contributed by atoms with Gasteiger partial charge >= 0.3 is 0 Å². The second kappa shape index (κ2) is 3.68. The van der Waals surface area contributed by atoms with Gasteiger partial charge in [-0.3, -0.25) is 4.79 Å². The van der Waals surface area contributed by atoms with Crippen LogP contribution in [0.25, 0.3) is 0 Å². The molecule has 0 aromatic carbocycles. The SMILES string of the molecule is [2H]C([2H])([2H])C(=O)C(CC)(NO)C([2H])([2H])C. The molecule has 0 spiro atoms. The van der Waals surface area contributed by atoms with E-state index in [1.54, 1.807) is 0 Å². The number of carbonyl (C=O) groups excluding carboxylic acids is 1. The zero-order valence-electron chi connectivity index (χ0n) is 11.1. The molecule has 0 heterocycles. The van der Waals surface area contributed by atoms with Crippen LogP contribution in [0.2, 0.25) is 0 Å². The molecular weight excluding hydrogens is 130 g/mol. The molecule has 0 aromatic heterocycles. The summed E-state index contributed by atoms with van der Waals surface area (Å²) in [6.45, 7) is -0.480. The number of rotatable bonds is 4. The van der Waals surface area contributed by atoms with Gasteiger partial charge in [0.25, 0.3) is 0 Å². The Hall–Kier alpha value is -0.410. The van der Waals surface area contributed by atoms with Crippen molar-refractivity contribution in [3.63, 3.8) is 0 Å². The molecule has 0 aliphatic carbocycles. The Morgan fingerprint density at radius 1 is 1.90 bits per heavy atom. The molecule has 1 atom stereocenters. The number of ketones is 1. The van der Waals surface area contributed by atoms with Gasteiger partial charge in [0.1, 0.15) is 5.54 Å². The second-order valence-corrected chi connectivity index (χ2v) is 1.95. The van der Waals surface area contributed by atoms with E-state index in [1.165, 1.54) is 12.4 Å². The molecule has 0 saturated carbocycles. The van der Waals surface area contributed by atoms with Gasteiger partial charge in [0, 0.05) is 6.85 Å². The highest BCUT2D eigenvalue weighted by Crippen LogP contribution is 2.14. The van der Waals surface area contributed by atoms with E-state index in [-0.39, 0.29) is 6.42 Å². The zero-order valence-corrected chi connectivity index (χ0v) is 6.06. The molecule has 0 aliphatic heterocycles. The molecule has 2 N–H and O–H groups in total. The molecule has 0 radical (unpaired) electrons. The summed E-state index contributed by atoms with van der Waals surface area (Å²) in [5.41, 5.74) is -0.572. The molecule has 60 valence electrons. The number of Topliss-reactive ketones (excluding diaryl/α,β-unsaturated/α-hetero) is 1. The smallest absolute Gasteiger partial charge is 0.152 e. The Kier molecular flexibility index (Phi) is 1.41. The third kappa shape index (κ3) is 1.55. The monoisotopic (exact) mass is 150 g/mol. The maximum absolute atomic E-state index is 11.6. The summed E-state index contributed by atoms with van der Waals surface area (Å²) in [5.74, 6) is -1.33. The van der Waals surface area contributed by atoms with Crippen molar-refractivity contribution < 1.29 is 16.9 Å². The predicted octanol–water partition coefficient (Wildman–Crippen LogP) is 1.11. The van der Waals surface area contributed by atoms with E-state index in [1.807, 2.05) is 0 Å². The van der Waals surface area contributed by atoms with Crippen molar-refractivity contribution in [2.75, 3.05) is 0 Å². The predicted molar refractivity (Wildman–Crippen MR) is 38.9 cm³/mol. The first-order chi connectivity index (χ1) is 6.53. The van der Waals surface area contributed by atoms with Crippen molar-refractivity contribution in [2.24, 2.45) is 0 Å². The van der Waals surface area contributed by atoms with Crippen LogP contribution >= 0.6 is 0 Å². The molecule has 0 aliphatic rings. The average molecular weight is 150 g/mol. The minimum absolute atomic E-state index is 0.162. The highest BCUT2D eigenvalue weighted by atomic mass is 16.5. The van der Waals surface area contributed by atoms with Crippen molar-refractivity contribution in [1.29, 1.82) is 0 Å². The van der Waals surface area contributed by atoms with Crippen LogP contribution in [0.3, 0.4) is 0 Å². The minimum atomic E-state index is -2.95. The van der Waals surface area contributed by atoms with Gasteiger partial charge in [-0.1, -0.05) is 13.8 Å². The van der Waals surface area contributed by atoms with E-state index in [0.717, 1.165) is 6.92 Å². The Morgan fingerprint density at radius 2 is 2.50 bits per heavy atom. The summed E-state index contributed by atoms with van der Waals surface area (Å²) in [6.07, 6.45) is -2.34. The molecule has 10 heavy (non-hydrogen) atoms. The molecule has 3 heteroatoms. The Morgan fingerprint density at radius 3 is 2.60 bits per heavy atom. The summed E-state index contributed by atoms with van der Waals surface area (Å²) < 4.78 is 35.7. The molecular formula is C7H15NO2. The van der Waals surface area contributed by atoms with Crippen LogP contribution in [0.15, 0.2) is 0 Å². The third-order valence-corrected chi connectivity index (χ3v) is 1.54. The Labute approximate surface area is 68.4 Å². The van der Waals surface area contributed by atoms with Gasteiger partial charge < -0.3 is 5.21 Å². The lowest BCUT2D eigenvalue weighted by atomic mass is 9.90. The number of hydroxylamine groups is 1. The van der Waals surface area contributed by atoms with Gasteiger partial charge in [0.05, 0.1) is 0 Å². The quantitative estimate of drug-likeness (QED) is 0.590. The summed E-state index contributed by atoms with van der Waals surface area (Å²) in [5, 5.41) is 8.89. The minimum Gasteiger partial charge on any atom is -0.316 e. The lowest BCUT2D eigenvalue weighted by molar-refractivity contribution is -0.128. The van der Waals surface area contributed by atoms with Crippen LogP contribution in [0.1, 0.15) is 40.3 Å². The average Bonchev–Trinajstić information content (AvgIpc) is 2.03. The topological polar surface area (TPSA) is 49.3 Å². The fourth-order valence-electron chi connectivity index (χ4n) is 0.637. The van der Waals surface area contributed by atoms with Gasteiger partial charge in [0.2, 0.25) is 0 Å². The molecule has 1 unspecified atom stereocenters. The van der Waals surface area contributed by atoms with Crippen molar-refractivity contribution in [3.8, 4) is 0 Å². The van der Waals surface area contributed by atoms with Crippen molar-refractivity contribution in [2.45, 2.75) is 39.0 Å². The first kappa shape index (κ1) is 3.83. The third-order valence-electron chi connectivity index (χ3n) is 1.54. The molecule has 0 amide bonds. The van der Waals surface area contributed by atoms with E-state index in [2.05, 4.69) is 0 Å². The first-order valence-electron chi connectivity index (χ1n) is 5.49. The molecule has 3 nitrogen and oxygen atoms in total. The van der Waals surface area contributed by atoms with E-state index in [9.17, 15) is 4.79 Å². The fraction of sp³-hybridized carbons (Fsp3) is 0.857. The number of hydrogen-bond donors (Lipinski definition) is 2. The molecule has 0 saturated heterocycles. The number of hydrogen-bond acceptors (Lipinski definition) is 3. The largest absolute Gasteiger partial charge is 0.316 e. The summed E-state index contributed by atoms with van der Waals surface area (Å²) in [4.78, 5) is 11.6. The number of nitrogens with one attached hydrogen (secondary N) is 1. The maximum Gasteiger partial charge on any atom is 0.152 e. The van der Waals surface area contributed by atoms with Crippen LogP contribution in [0.4, 0.5) is 0 Å². The van der Waals surface area contributed by atoms with Crippen molar-refractivity contribution in [1.82, 2.24) is 5.48 Å². The highest BCUT2D eigenvalue weighted by molar-refractivity contribution is 5.85. The van der Waals surface area contributed by atoms with Crippen LogP contribution in [-0.2, 0) is 4.79 Å². The highest BCUT2D eigenvalue weighted by Gasteiger charge is 2.30. The van der Waals surface area contributed by atoms with E-state index >= 15 is 0 Å². The lowest BCUT2D eigenvalue weighted by Gasteiger charge is -2.26.